The Labute approximate surface area is 144 Å². The molecule has 2 rings (SSSR count). The number of carbonyl (C=O) groups excluding carboxylic acids is 1. The van der Waals surface area contributed by atoms with Crippen LogP contribution in [0.2, 0.25) is 0 Å². The molecule has 0 saturated heterocycles. The largest absolute Gasteiger partial charge is 0.351 e. The van der Waals surface area contributed by atoms with Crippen LogP contribution in [-0.2, 0) is 0 Å². The van der Waals surface area contributed by atoms with Crippen molar-refractivity contribution in [1.29, 1.82) is 0 Å². The van der Waals surface area contributed by atoms with Crippen molar-refractivity contribution in [2.45, 2.75) is 6.42 Å². The van der Waals surface area contributed by atoms with Crippen LogP contribution in [0.1, 0.15) is 16.9 Å². The number of aromatic nitrogens is 2. The minimum Gasteiger partial charge on any atom is -0.351 e. The SMILES string of the molecule is CN(C)CCCNC(=O)c1ccnc(Nc2cccc(Br)c2)n1. The minimum absolute atomic E-state index is 0.191. The molecule has 7 heteroatoms. The molecule has 0 saturated carbocycles. The first-order chi connectivity index (χ1) is 11.0. The molecular weight excluding hydrogens is 358 g/mol. The van der Waals surface area contributed by atoms with Gasteiger partial charge in [-0.05, 0) is 51.3 Å². The van der Waals surface area contributed by atoms with E-state index in [1.165, 1.54) is 0 Å². The van der Waals surface area contributed by atoms with E-state index in [1.54, 1.807) is 12.3 Å². The highest BCUT2D eigenvalue weighted by Crippen LogP contribution is 2.18. The van der Waals surface area contributed by atoms with Gasteiger partial charge in [-0.25, -0.2) is 9.97 Å². The van der Waals surface area contributed by atoms with Gasteiger partial charge in [-0.3, -0.25) is 4.79 Å². The first-order valence-corrected chi connectivity index (χ1v) is 8.12. The van der Waals surface area contributed by atoms with Crippen molar-refractivity contribution in [2.24, 2.45) is 0 Å². The van der Waals surface area contributed by atoms with Crippen LogP contribution >= 0.6 is 15.9 Å². The number of hydrogen-bond donors (Lipinski definition) is 2. The zero-order chi connectivity index (χ0) is 16.7. The second kappa shape index (κ2) is 8.59. The molecule has 122 valence electrons. The lowest BCUT2D eigenvalue weighted by atomic mass is 10.3. The Balaban J connectivity index is 1.95. The van der Waals surface area contributed by atoms with Crippen LogP contribution < -0.4 is 10.6 Å². The topological polar surface area (TPSA) is 70.2 Å². The van der Waals surface area contributed by atoms with Gasteiger partial charge in [-0.15, -0.1) is 0 Å². The van der Waals surface area contributed by atoms with Crippen LogP contribution in [0.15, 0.2) is 41.0 Å². The van der Waals surface area contributed by atoms with Gasteiger partial charge in [0, 0.05) is 22.9 Å². The van der Waals surface area contributed by atoms with E-state index < -0.39 is 0 Å². The van der Waals surface area contributed by atoms with Gasteiger partial charge in [0.25, 0.3) is 5.91 Å². The lowest BCUT2D eigenvalue weighted by Crippen LogP contribution is -2.28. The summed E-state index contributed by atoms with van der Waals surface area (Å²) in [5.41, 5.74) is 1.20. The normalized spacial score (nSPS) is 10.6. The number of halogens is 1. The molecule has 0 fully saturated rings. The van der Waals surface area contributed by atoms with Gasteiger partial charge in [0.2, 0.25) is 5.95 Å². The number of amides is 1. The van der Waals surface area contributed by atoms with Crippen LogP contribution in [0.25, 0.3) is 0 Å². The Hall–Kier alpha value is -1.99. The standard InChI is InChI=1S/C16H20BrN5O/c1-22(2)10-4-8-18-15(23)14-7-9-19-16(21-14)20-13-6-3-5-12(17)11-13/h3,5-7,9,11H,4,8,10H2,1-2H3,(H,18,23)(H,19,20,21). The fourth-order valence-corrected chi connectivity index (χ4v) is 2.33. The Morgan fingerprint density at radius 2 is 2.13 bits per heavy atom. The van der Waals surface area contributed by atoms with E-state index in [0.717, 1.165) is 23.1 Å². The quantitative estimate of drug-likeness (QED) is 0.725. The first-order valence-electron chi connectivity index (χ1n) is 7.33. The summed E-state index contributed by atoms with van der Waals surface area (Å²) in [5.74, 6) is 0.201. The summed E-state index contributed by atoms with van der Waals surface area (Å²) < 4.78 is 0.956. The summed E-state index contributed by atoms with van der Waals surface area (Å²) in [6, 6.07) is 9.27. The molecule has 0 unspecified atom stereocenters. The molecule has 1 aromatic heterocycles. The molecule has 0 aliphatic heterocycles. The van der Waals surface area contributed by atoms with Crippen LogP contribution in [0.5, 0.6) is 0 Å². The highest BCUT2D eigenvalue weighted by molar-refractivity contribution is 9.10. The summed E-state index contributed by atoms with van der Waals surface area (Å²) in [7, 11) is 4.01. The van der Waals surface area contributed by atoms with Crippen molar-refractivity contribution in [2.75, 3.05) is 32.5 Å². The van der Waals surface area contributed by atoms with E-state index in [4.69, 9.17) is 0 Å². The Morgan fingerprint density at radius 1 is 1.30 bits per heavy atom. The molecule has 0 spiro atoms. The van der Waals surface area contributed by atoms with Gasteiger partial charge in [0.15, 0.2) is 0 Å². The molecule has 6 nitrogen and oxygen atoms in total. The van der Waals surface area contributed by atoms with Gasteiger partial charge >= 0.3 is 0 Å². The molecule has 0 aliphatic carbocycles. The third-order valence-electron chi connectivity index (χ3n) is 3.04. The maximum atomic E-state index is 12.1. The van der Waals surface area contributed by atoms with Crippen LogP contribution in [0, 0.1) is 0 Å². The summed E-state index contributed by atoms with van der Waals surface area (Å²) in [4.78, 5) is 22.6. The summed E-state index contributed by atoms with van der Waals surface area (Å²) in [6.45, 7) is 1.55. The van der Waals surface area contributed by atoms with Gasteiger partial charge in [0.1, 0.15) is 5.69 Å². The molecule has 23 heavy (non-hydrogen) atoms. The molecular formula is C16H20BrN5O. The smallest absolute Gasteiger partial charge is 0.270 e. The molecule has 0 radical (unpaired) electrons. The number of anilines is 2. The number of hydrogen-bond acceptors (Lipinski definition) is 5. The second-order valence-electron chi connectivity index (χ2n) is 5.31. The van der Waals surface area contributed by atoms with E-state index in [0.29, 0.717) is 18.2 Å². The summed E-state index contributed by atoms with van der Waals surface area (Å²) in [5, 5.41) is 5.95. The Morgan fingerprint density at radius 3 is 2.87 bits per heavy atom. The Bertz CT molecular complexity index is 662. The lowest BCUT2D eigenvalue weighted by molar-refractivity contribution is 0.0947. The van der Waals surface area contributed by atoms with Crippen molar-refractivity contribution in [1.82, 2.24) is 20.2 Å². The molecule has 0 aliphatic rings. The van der Waals surface area contributed by atoms with Crippen molar-refractivity contribution >= 4 is 33.5 Å². The second-order valence-corrected chi connectivity index (χ2v) is 6.23. The van der Waals surface area contributed by atoms with Gasteiger partial charge in [0.05, 0.1) is 0 Å². The third kappa shape index (κ3) is 5.96. The van der Waals surface area contributed by atoms with E-state index in [1.807, 2.05) is 38.4 Å². The monoisotopic (exact) mass is 377 g/mol. The molecule has 0 bridgehead atoms. The molecule has 1 amide bonds. The van der Waals surface area contributed by atoms with E-state index >= 15 is 0 Å². The fraction of sp³-hybridized carbons (Fsp3) is 0.312. The predicted octanol–water partition coefficient (Wildman–Crippen LogP) is 2.66. The molecule has 1 heterocycles. The number of carbonyl (C=O) groups is 1. The number of benzene rings is 1. The molecule has 0 atom stereocenters. The predicted molar refractivity (Wildman–Crippen MR) is 95.0 cm³/mol. The van der Waals surface area contributed by atoms with Gasteiger partial charge in [-0.2, -0.15) is 0 Å². The average molecular weight is 378 g/mol. The molecule has 2 aromatic rings. The van der Waals surface area contributed by atoms with Crippen molar-refractivity contribution < 1.29 is 4.79 Å². The zero-order valence-electron chi connectivity index (χ0n) is 13.2. The summed E-state index contributed by atoms with van der Waals surface area (Å²) in [6.07, 6.45) is 2.47. The highest BCUT2D eigenvalue weighted by Gasteiger charge is 2.08. The van der Waals surface area contributed by atoms with Crippen LogP contribution in [0.4, 0.5) is 11.6 Å². The number of nitrogens with zero attached hydrogens (tertiary/aromatic N) is 3. The minimum atomic E-state index is -0.191. The van der Waals surface area contributed by atoms with E-state index in [2.05, 4.69) is 41.4 Å². The summed E-state index contributed by atoms with van der Waals surface area (Å²) >= 11 is 3.41. The maximum Gasteiger partial charge on any atom is 0.270 e. The van der Waals surface area contributed by atoms with Gasteiger partial charge < -0.3 is 15.5 Å². The van der Waals surface area contributed by atoms with Crippen molar-refractivity contribution in [3.63, 3.8) is 0 Å². The van der Waals surface area contributed by atoms with Crippen molar-refractivity contribution in [3.05, 3.63) is 46.7 Å². The average Bonchev–Trinajstić information content (AvgIpc) is 2.51. The molecule has 1 aromatic carbocycles. The fourth-order valence-electron chi connectivity index (χ4n) is 1.93. The van der Waals surface area contributed by atoms with E-state index in [9.17, 15) is 4.79 Å². The van der Waals surface area contributed by atoms with Crippen molar-refractivity contribution in [3.8, 4) is 0 Å². The maximum absolute atomic E-state index is 12.1. The third-order valence-corrected chi connectivity index (χ3v) is 3.53. The molecule has 2 N–H and O–H groups in total. The first kappa shape index (κ1) is 17.4. The van der Waals surface area contributed by atoms with Crippen LogP contribution in [0.3, 0.4) is 0 Å². The Kier molecular flexibility index (Phi) is 6.49. The number of rotatable bonds is 7. The van der Waals surface area contributed by atoms with E-state index in [-0.39, 0.29) is 5.91 Å². The number of nitrogens with one attached hydrogen (secondary N) is 2. The van der Waals surface area contributed by atoms with Crippen LogP contribution in [-0.4, -0.2) is 48.0 Å². The van der Waals surface area contributed by atoms with Gasteiger partial charge in [-0.1, -0.05) is 22.0 Å². The highest BCUT2D eigenvalue weighted by atomic mass is 79.9. The lowest BCUT2D eigenvalue weighted by Gasteiger charge is -2.10. The zero-order valence-corrected chi connectivity index (χ0v) is 14.8.